The first-order valence-corrected chi connectivity index (χ1v) is 10.0. The molecular weight excluding hydrogens is 364 g/mol. The summed E-state index contributed by atoms with van der Waals surface area (Å²) in [6, 6.07) is 9.91. The molecule has 3 amide bonds. The summed E-state index contributed by atoms with van der Waals surface area (Å²) in [6.45, 7) is 2.17. The largest absolute Gasteiger partial charge is 0.441 e. The Morgan fingerprint density at radius 3 is 2.93 bits per heavy atom. The van der Waals surface area contributed by atoms with E-state index >= 15 is 0 Å². The van der Waals surface area contributed by atoms with E-state index in [0.29, 0.717) is 32.6 Å². The standard InChI is InChI=1S/C19H22N4O3S/c24-17(23-9-4-7-19(8-10-23)13-21-18(25)26-19)20-11-15-12-27-16(22-15)14-5-2-1-3-6-14/h1-3,5-6,12H,4,7-11,13H2,(H,20,24)(H,21,25)/t19-/m0/s1. The maximum atomic E-state index is 12.5. The number of hydrogen-bond acceptors (Lipinski definition) is 5. The number of aromatic nitrogens is 1. The van der Waals surface area contributed by atoms with Gasteiger partial charge in [0.15, 0.2) is 0 Å². The van der Waals surface area contributed by atoms with E-state index < -0.39 is 5.60 Å². The van der Waals surface area contributed by atoms with Crippen molar-refractivity contribution in [1.82, 2.24) is 20.5 Å². The quantitative estimate of drug-likeness (QED) is 0.849. The SMILES string of the molecule is O=C1NC[C@@]2(CCCN(C(=O)NCc3csc(-c4ccccc4)n3)CC2)O1. The van der Waals surface area contributed by atoms with Crippen molar-refractivity contribution in [3.63, 3.8) is 0 Å². The lowest BCUT2D eigenvalue weighted by atomic mass is 9.95. The van der Waals surface area contributed by atoms with Gasteiger partial charge in [0.2, 0.25) is 0 Å². The van der Waals surface area contributed by atoms with Crippen LogP contribution in [0.15, 0.2) is 35.7 Å². The van der Waals surface area contributed by atoms with Crippen LogP contribution in [0.5, 0.6) is 0 Å². The van der Waals surface area contributed by atoms with Gasteiger partial charge in [-0.15, -0.1) is 11.3 Å². The van der Waals surface area contributed by atoms with E-state index in [1.54, 1.807) is 16.2 Å². The predicted molar refractivity (Wildman–Crippen MR) is 102 cm³/mol. The second-order valence-electron chi connectivity index (χ2n) is 6.94. The van der Waals surface area contributed by atoms with Gasteiger partial charge in [0.25, 0.3) is 0 Å². The molecule has 0 bridgehead atoms. The van der Waals surface area contributed by atoms with Crippen LogP contribution in [0.4, 0.5) is 9.59 Å². The number of hydrogen-bond donors (Lipinski definition) is 2. The molecule has 27 heavy (non-hydrogen) atoms. The summed E-state index contributed by atoms with van der Waals surface area (Å²) in [5.41, 5.74) is 1.48. The number of thiazole rings is 1. The maximum Gasteiger partial charge on any atom is 0.407 e. The molecule has 2 fully saturated rings. The number of nitrogens with zero attached hydrogens (tertiary/aromatic N) is 2. The van der Waals surface area contributed by atoms with Crippen LogP contribution in [0.2, 0.25) is 0 Å². The molecule has 0 saturated carbocycles. The number of rotatable bonds is 3. The highest BCUT2D eigenvalue weighted by Gasteiger charge is 2.41. The zero-order valence-electron chi connectivity index (χ0n) is 14.9. The Labute approximate surface area is 161 Å². The van der Waals surface area contributed by atoms with Gasteiger partial charge in [0, 0.05) is 30.5 Å². The Balaban J connectivity index is 1.31. The minimum absolute atomic E-state index is 0.0985. The smallest absolute Gasteiger partial charge is 0.407 e. The maximum absolute atomic E-state index is 12.5. The number of amides is 3. The summed E-state index contributed by atoms with van der Waals surface area (Å²) in [5, 5.41) is 8.61. The predicted octanol–water partition coefficient (Wildman–Crippen LogP) is 2.98. The van der Waals surface area contributed by atoms with E-state index in [1.807, 2.05) is 35.7 Å². The van der Waals surface area contributed by atoms with Gasteiger partial charge in [0.1, 0.15) is 10.6 Å². The third-order valence-electron chi connectivity index (χ3n) is 5.04. The minimum atomic E-state index is -0.453. The fraction of sp³-hybridized carbons (Fsp3) is 0.421. The Kier molecular flexibility index (Phi) is 4.98. The van der Waals surface area contributed by atoms with Crippen LogP contribution < -0.4 is 10.6 Å². The van der Waals surface area contributed by atoms with Crippen LogP contribution in [0.3, 0.4) is 0 Å². The third kappa shape index (κ3) is 4.05. The molecule has 2 saturated heterocycles. The van der Waals surface area contributed by atoms with Gasteiger partial charge in [-0.25, -0.2) is 14.6 Å². The molecule has 4 rings (SSSR count). The molecule has 2 aliphatic heterocycles. The van der Waals surface area contributed by atoms with Crippen molar-refractivity contribution in [2.24, 2.45) is 0 Å². The number of likely N-dealkylation sites (tertiary alicyclic amines) is 1. The van der Waals surface area contributed by atoms with Crippen LogP contribution in [-0.4, -0.2) is 47.2 Å². The lowest BCUT2D eigenvalue weighted by molar-refractivity contribution is 0.0453. The molecule has 1 aromatic heterocycles. The number of carbonyl (C=O) groups is 2. The summed E-state index contributed by atoms with van der Waals surface area (Å²) in [4.78, 5) is 30.3. The molecule has 1 atom stereocenters. The van der Waals surface area contributed by atoms with Crippen LogP contribution >= 0.6 is 11.3 Å². The highest BCUT2D eigenvalue weighted by atomic mass is 32.1. The lowest BCUT2D eigenvalue weighted by Gasteiger charge is -2.25. The molecule has 7 nitrogen and oxygen atoms in total. The van der Waals surface area contributed by atoms with Gasteiger partial charge in [-0.1, -0.05) is 30.3 Å². The summed E-state index contributed by atoms with van der Waals surface area (Å²) < 4.78 is 5.45. The molecule has 3 heterocycles. The normalized spacial score (nSPS) is 22.2. The van der Waals surface area contributed by atoms with Crippen LogP contribution in [-0.2, 0) is 11.3 Å². The molecule has 142 valence electrons. The van der Waals surface area contributed by atoms with Crippen molar-refractivity contribution in [2.45, 2.75) is 31.4 Å². The first-order valence-electron chi connectivity index (χ1n) is 9.13. The van der Waals surface area contributed by atoms with E-state index in [0.717, 1.165) is 29.1 Å². The van der Waals surface area contributed by atoms with Crippen LogP contribution in [0.25, 0.3) is 10.6 Å². The molecule has 8 heteroatoms. The van der Waals surface area contributed by atoms with Gasteiger partial charge in [0.05, 0.1) is 18.8 Å². The molecule has 0 unspecified atom stereocenters. The summed E-state index contributed by atoms with van der Waals surface area (Å²) in [6.07, 6.45) is 1.90. The van der Waals surface area contributed by atoms with Crippen LogP contribution in [0.1, 0.15) is 25.0 Å². The van der Waals surface area contributed by atoms with Crippen molar-refractivity contribution in [3.8, 4) is 10.6 Å². The molecule has 2 aliphatic rings. The third-order valence-corrected chi connectivity index (χ3v) is 5.98. The van der Waals surface area contributed by atoms with E-state index in [9.17, 15) is 9.59 Å². The fourth-order valence-corrected chi connectivity index (χ4v) is 4.36. The topological polar surface area (TPSA) is 83.6 Å². The molecule has 1 spiro atoms. The van der Waals surface area contributed by atoms with E-state index in [1.165, 1.54) is 0 Å². The first kappa shape index (κ1) is 17.8. The van der Waals surface area contributed by atoms with Gasteiger partial charge < -0.3 is 20.3 Å². The van der Waals surface area contributed by atoms with E-state index in [-0.39, 0.29) is 12.1 Å². The summed E-state index contributed by atoms with van der Waals surface area (Å²) in [7, 11) is 0. The molecule has 2 N–H and O–H groups in total. The molecule has 2 aromatic rings. The summed E-state index contributed by atoms with van der Waals surface area (Å²) in [5.74, 6) is 0. The Bertz CT molecular complexity index is 825. The number of benzene rings is 1. The first-order chi connectivity index (χ1) is 13.1. The minimum Gasteiger partial charge on any atom is -0.441 e. The highest BCUT2D eigenvalue weighted by Crippen LogP contribution is 2.29. The highest BCUT2D eigenvalue weighted by molar-refractivity contribution is 7.13. The average molecular weight is 386 g/mol. The second-order valence-corrected chi connectivity index (χ2v) is 7.79. The van der Waals surface area contributed by atoms with Gasteiger partial charge in [-0.3, -0.25) is 0 Å². The van der Waals surface area contributed by atoms with Gasteiger partial charge >= 0.3 is 12.1 Å². The number of urea groups is 1. The van der Waals surface area contributed by atoms with Gasteiger partial charge in [-0.05, 0) is 12.8 Å². The number of nitrogens with one attached hydrogen (secondary N) is 2. The van der Waals surface area contributed by atoms with Crippen molar-refractivity contribution in [1.29, 1.82) is 0 Å². The monoisotopic (exact) mass is 386 g/mol. The van der Waals surface area contributed by atoms with Crippen molar-refractivity contribution in [2.75, 3.05) is 19.6 Å². The van der Waals surface area contributed by atoms with E-state index in [4.69, 9.17) is 4.74 Å². The zero-order chi connectivity index (χ0) is 18.7. The Morgan fingerprint density at radius 1 is 1.30 bits per heavy atom. The molecular formula is C19H22N4O3S. The Hall–Kier alpha value is -2.61. The second kappa shape index (κ2) is 7.56. The lowest BCUT2D eigenvalue weighted by Crippen LogP contribution is -2.41. The van der Waals surface area contributed by atoms with Crippen molar-refractivity contribution < 1.29 is 14.3 Å². The fourth-order valence-electron chi connectivity index (χ4n) is 3.53. The van der Waals surface area contributed by atoms with Gasteiger partial charge in [-0.2, -0.15) is 0 Å². The van der Waals surface area contributed by atoms with Crippen molar-refractivity contribution in [3.05, 3.63) is 41.4 Å². The Morgan fingerprint density at radius 2 is 2.15 bits per heavy atom. The number of carbonyl (C=O) groups excluding carboxylic acids is 2. The van der Waals surface area contributed by atoms with Crippen LogP contribution in [0, 0.1) is 0 Å². The molecule has 0 aliphatic carbocycles. The number of ether oxygens (including phenoxy) is 1. The zero-order valence-corrected chi connectivity index (χ0v) is 15.8. The molecule has 1 aromatic carbocycles. The average Bonchev–Trinajstić information content (AvgIpc) is 3.24. The van der Waals surface area contributed by atoms with E-state index in [2.05, 4.69) is 15.6 Å². The summed E-state index contributed by atoms with van der Waals surface area (Å²) >= 11 is 1.57. The number of alkyl carbamates (subject to hydrolysis) is 1. The molecule has 0 radical (unpaired) electrons. The van der Waals surface area contributed by atoms with Crippen molar-refractivity contribution >= 4 is 23.5 Å².